The molecule has 1 aromatic carbocycles. The van der Waals surface area contributed by atoms with E-state index in [9.17, 15) is 17.6 Å². The first-order valence-electron chi connectivity index (χ1n) is 9.60. The summed E-state index contributed by atoms with van der Waals surface area (Å²) in [6, 6.07) is 9.19. The van der Waals surface area contributed by atoms with E-state index >= 15 is 0 Å². The Morgan fingerprint density at radius 3 is 2.48 bits per heavy atom. The number of nitrogens with zero attached hydrogens (tertiary/aromatic N) is 1. The van der Waals surface area contributed by atoms with Crippen LogP contribution >= 0.6 is 0 Å². The number of carbonyl (C=O) groups excluding carboxylic acids is 1. The largest absolute Gasteiger partial charge is 0.334 e. The lowest BCUT2D eigenvalue weighted by Gasteiger charge is -2.24. The second kappa shape index (κ2) is 9.80. The van der Waals surface area contributed by atoms with E-state index in [1.165, 1.54) is 24.3 Å². The molecule has 1 aliphatic rings. The van der Waals surface area contributed by atoms with E-state index in [0.29, 0.717) is 44.5 Å². The Labute approximate surface area is 170 Å². The summed E-state index contributed by atoms with van der Waals surface area (Å²) < 4.78 is 40.7. The molecule has 2 aromatic rings. The number of carbonyl (C=O) groups is 1. The van der Waals surface area contributed by atoms with E-state index in [2.05, 4.69) is 20.3 Å². The number of hydrogen-bond donors (Lipinski definition) is 3. The molecule has 1 aromatic heterocycles. The number of amides is 2. The second-order valence-corrected chi connectivity index (χ2v) is 8.93. The molecule has 0 bridgehead atoms. The van der Waals surface area contributed by atoms with Gasteiger partial charge in [-0.25, -0.2) is 22.3 Å². The van der Waals surface area contributed by atoms with Crippen LogP contribution in [0.15, 0.2) is 53.7 Å². The van der Waals surface area contributed by atoms with Gasteiger partial charge in [-0.2, -0.15) is 0 Å². The van der Waals surface area contributed by atoms with Gasteiger partial charge in [-0.05, 0) is 67.5 Å². The molecule has 1 saturated carbocycles. The van der Waals surface area contributed by atoms with Crippen molar-refractivity contribution < 1.29 is 17.6 Å². The van der Waals surface area contributed by atoms with Crippen molar-refractivity contribution >= 4 is 21.7 Å². The number of urea groups is 1. The molecule has 0 aliphatic heterocycles. The third-order valence-electron chi connectivity index (χ3n) is 4.94. The fourth-order valence-corrected chi connectivity index (χ4v) is 4.33. The fraction of sp³-hybridized carbons (Fsp3) is 0.400. The van der Waals surface area contributed by atoms with Crippen LogP contribution in [-0.2, 0) is 16.6 Å². The van der Waals surface area contributed by atoms with Crippen LogP contribution in [0, 0.1) is 5.92 Å². The molecule has 0 spiro atoms. The van der Waals surface area contributed by atoms with Crippen LogP contribution in [0.25, 0.3) is 0 Å². The van der Waals surface area contributed by atoms with Gasteiger partial charge in [0.05, 0.1) is 4.90 Å². The van der Waals surface area contributed by atoms with Crippen LogP contribution in [0.1, 0.15) is 31.2 Å². The number of nitrogens with one attached hydrogen (secondary N) is 3. The molecule has 156 valence electrons. The average molecular weight is 421 g/mol. The fourth-order valence-electron chi connectivity index (χ4n) is 3.21. The minimum atomic E-state index is -3.64. The number of alkyl halides is 1. The van der Waals surface area contributed by atoms with Gasteiger partial charge in [0.2, 0.25) is 10.0 Å². The highest BCUT2D eigenvalue weighted by molar-refractivity contribution is 7.89. The summed E-state index contributed by atoms with van der Waals surface area (Å²) in [6.07, 6.45) is 4.94. The lowest BCUT2D eigenvalue weighted by molar-refractivity contribution is 0.208. The number of benzene rings is 1. The standard InChI is InChI=1S/C20H25FN4O3S/c21-17-5-3-15(4-6-17)14-24-29(27,28)19-9-7-18(8-10-19)25-20(26)23-13-16-2-1-11-22-12-16/h1-2,7-12,15,17,24H,3-6,13-14H2,(H2,23,25,26). The molecule has 7 nitrogen and oxygen atoms in total. The van der Waals surface area contributed by atoms with Gasteiger partial charge < -0.3 is 10.6 Å². The minimum absolute atomic E-state index is 0.123. The molecule has 9 heteroatoms. The van der Waals surface area contributed by atoms with Gasteiger partial charge in [0.1, 0.15) is 6.17 Å². The van der Waals surface area contributed by atoms with Crippen molar-refractivity contribution in [2.75, 3.05) is 11.9 Å². The van der Waals surface area contributed by atoms with Crippen molar-refractivity contribution in [3.8, 4) is 0 Å². The number of halogens is 1. The van der Waals surface area contributed by atoms with Gasteiger partial charge in [-0.15, -0.1) is 0 Å². The van der Waals surface area contributed by atoms with Gasteiger partial charge >= 0.3 is 6.03 Å². The van der Waals surface area contributed by atoms with Crippen LogP contribution < -0.4 is 15.4 Å². The topological polar surface area (TPSA) is 100 Å². The van der Waals surface area contributed by atoms with E-state index in [-0.39, 0.29) is 10.8 Å². The predicted octanol–water partition coefficient (Wildman–Crippen LogP) is 3.21. The molecule has 3 rings (SSSR count). The molecule has 3 N–H and O–H groups in total. The average Bonchev–Trinajstić information content (AvgIpc) is 2.73. The zero-order valence-corrected chi connectivity index (χ0v) is 16.8. The Morgan fingerprint density at radius 1 is 1.10 bits per heavy atom. The monoisotopic (exact) mass is 420 g/mol. The van der Waals surface area contributed by atoms with Crippen LogP contribution in [0.3, 0.4) is 0 Å². The maximum Gasteiger partial charge on any atom is 0.319 e. The summed E-state index contributed by atoms with van der Waals surface area (Å²) in [6.45, 7) is 0.645. The Bertz CT molecular complexity index is 899. The van der Waals surface area contributed by atoms with Crippen LogP contribution in [0.2, 0.25) is 0 Å². The first-order chi connectivity index (χ1) is 13.9. The van der Waals surface area contributed by atoms with E-state index in [1.807, 2.05) is 6.07 Å². The summed E-state index contributed by atoms with van der Waals surface area (Å²) >= 11 is 0. The maximum atomic E-state index is 13.2. The Hall–Kier alpha value is -2.52. The van der Waals surface area contributed by atoms with Gasteiger partial charge in [0.15, 0.2) is 0 Å². The van der Waals surface area contributed by atoms with Crippen molar-refractivity contribution in [1.82, 2.24) is 15.0 Å². The van der Waals surface area contributed by atoms with Crippen molar-refractivity contribution in [1.29, 1.82) is 0 Å². The van der Waals surface area contributed by atoms with Crippen molar-refractivity contribution in [2.45, 2.75) is 43.3 Å². The Kier molecular flexibility index (Phi) is 7.16. The summed E-state index contributed by atoms with van der Waals surface area (Å²) in [5.41, 5.74) is 1.35. The van der Waals surface area contributed by atoms with Crippen molar-refractivity contribution in [2.24, 2.45) is 5.92 Å². The predicted molar refractivity (Wildman–Crippen MR) is 109 cm³/mol. The molecule has 0 unspecified atom stereocenters. The molecule has 0 saturated heterocycles. The normalized spacial score (nSPS) is 19.5. The Balaban J connectivity index is 1.48. The zero-order chi connectivity index (χ0) is 20.7. The molecule has 29 heavy (non-hydrogen) atoms. The first-order valence-corrected chi connectivity index (χ1v) is 11.1. The molecular formula is C20H25FN4O3S. The molecule has 1 fully saturated rings. The van der Waals surface area contributed by atoms with E-state index in [0.717, 1.165) is 5.56 Å². The highest BCUT2D eigenvalue weighted by Gasteiger charge is 2.22. The highest BCUT2D eigenvalue weighted by Crippen LogP contribution is 2.26. The number of aromatic nitrogens is 1. The van der Waals surface area contributed by atoms with Gasteiger partial charge in [-0.1, -0.05) is 6.07 Å². The second-order valence-electron chi connectivity index (χ2n) is 7.16. The SMILES string of the molecule is O=C(NCc1cccnc1)Nc1ccc(S(=O)(=O)NCC2CCC(F)CC2)cc1. The van der Waals surface area contributed by atoms with Gasteiger partial charge in [0, 0.05) is 31.2 Å². The maximum absolute atomic E-state index is 13.2. The quantitative estimate of drug-likeness (QED) is 0.640. The lowest BCUT2D eigenvalue weighted by atomic mass is 9.88. The van der Waals surface area contributed by atoms with Crippen LogP contribution in [0.4, 0.5) is 14.9 Å². The van der Waals surface area contributed by atoms with E-state index < -0.39 is 22.2 Å². The van der Waals surface area contributed by atoms with E-state index in [1.54, 1.807) is 18.5 Å². The zero-order valence-electron chi connectivity index (χ0n) is 16.0. The highest BCUT2D eigenvalue weighted by atomic mass is 32.2. The van der Waals surface area contributed by atoms with Crippen molar-refractivity contribution in [3.05, 3.63) is 54.4 Å². The number of pyridine rings is 1. The molecule has 1 heterocycles. The molecule has 2 amide bonds. The lowest BCUT2D eigenvalue weighted by Crippen LogP contribution is -2.31. The van der Waals surface area contributed by atoms with Crippen LogP contribution in [-0.4, -0.2) is 32.1 Å². The summed E-state index contributed by atoms with van der Waals surface area (Å²) in [4.78, 5) is 16.1. The number of rotatable bonds is 7. The van der Waals surface area contributed by atoms with Gasteiger partial charge in [-0.3, -0.25) is 4.98 Å². The molecular weight excluding hydrogens is 395 g/mol. The smallest absolute Gasteiger partial charge is 0.319 e. The van der Waals surface area contributed by atoms with E-state index in [4.69, 9.17) is 0 Å². The number of anilines is 1. The summed E-state index contributed by atoms with van der Waals surface area (Å²) in [5.74, 6) is 0.168. The Morgan fingerprint density at radius 2 is 1.83 bits per heavy atom. The molecule has 1 aliphatic carbocycles. The minimum Gasteiger partial charge on any atom is -0.334 e. The van der Waals surface area contributed by atoms with Crippen molar-refractivity contribution in [3.63, 3.8) is 0 Å². The molecule has 0 radical (unpaired) electrons. The third-order valence-corrected chi connectivity index (χ3v) is 6.38. The summed E-state index contributed by atoms with van der Waals surface area (Å²) in [5, 5.41) is 5.36. The number of sulfonamides is 1. The molecule has 0 atom stereocenters. The van der Waals surface area contributed by atoms with Crippen LogP contribution in [0.5, 0.6) is 0 Å². The third kappa shape index (κ3) is 6.50. The summed E-state index contributed by atoms with van der Waals surface area (Å²) in [7, 11) is -3.64. The van der Waals surface area contributed by atoms with Gasteiger partial charge in [0.25, 0.3) is 0 Å². The number of hydrogen-bond acceptors (Lipinski definition) is 4. The first kappa shape index (κ1) is 21.2.